The van der Waals surface area contributed by atoms with E-state index >= 15 is 0 Å². The van der Waals surface area contributed by atoms with E-state index in [0.29, 0.717) is 18.9 Å². The number of allylic oxidation sites excluding steroid dienone is 8. The lowest BCUT2D eigenvalue weighted by atomic mass is 9.91. The van der Waals surface area contributed by atoms with Gasteiger partial charge in [0, 0.05) is 13.0 Å². The van der Waals surface area contributed by atoms with Crippen molar-refractivity contribution in [3.8, 4) is 0 Å². The van der Waals surface area contributed by atoms with Crippen LogP contribution in [0.3, 0.4) is 0 Å². The Hall–Kier alpha value is -1.61. The Morgan fingerprint density at radius 1 is 0.511 bits per heavy atom. The standard InChI is InChI=1S/C44H81NO2/c1-5-7-9-11-13-15-17-19-21-23-25-27-29-31-33-35-38-43(42-44(46)47-41-37-40-45(3)4)39-36-34-32-30-28-26-24-22-20-18-16-14-12-10-8-6-2/h13-16,19-22,43H,5-12,17-18,23-42H2,1-4H3/b15-13-,16-14-,21-19-,22-20-. The molecule has 3 nitrogen and oxygen atoms in total. The number of hydrogen-bond acceptors (Lipinski definition) is 3. The summed E-state index contributed by atoms with van der Waals surface area (Å²) in [5.41, 5.74) is 0. The first kappa shape index (κ1) is 45.4. The number of rotatable bonds is 36. The number of carbonyl (C=O) groups is 1. The van der Waals surface area contributed by atoms with Gasteiger partial charge in [0.2, 0.25) is 0 Å². The number of ether oxygens (including phenoxy) is 1. The van der Waals surface area contributed by atoms with E-state index in [2.05, 4.69) is 81.5 Å². The molecule has 0 aromatic rings. The molecule has 0 heterocycles. The lowest BCUT2D eigenvalue weighted by Crippen LogP contribution is -2.17. The summed E-state index contributed by atoms with van der Waals surface area (Å²) in [5.74, 6) is 0.516. The molecule has 0 aromatic heterocycles. The minimum absolute atomic E-state index is 0.0221. The fraction of sp³-hybridized carbons (Fsp3) is 0.795. The van der Waals surface area contributed by atoms with Gasteiger partial charge in [0.1, 0.15) is 0 Å². The molecule has 0 atom stereocenters. The largest absolute Gasteiger partial charge is 0.466 e. The lowest BCUT2D eigenvalue weighted by Gasteiger charge is -2.17. The fourth-order valence-electron chi connectivity index (χ4n) is 6.05. The first-order valence-electron chi connectivity index (χ1n) is 20.5. The third-order valence-electron chi connectivity index (χ3n) is 9.09. The van der Waals surface area contributed by atoms with Gasteiger partial charge in [-0.1, -0.05) is 152 Å². The van der Waals surface area contributed by atoms with Gasteiger partial charge in [0.15, 0.2) is 0 Å². The van der Waals surface area contributed by atoms with E-state index in [4.69, 9.17) is 4.74 Å². The molecule has 0 spiro atoms. The van der Waals surface area contributed by atoms with Crippen molar-refractivity contribution in [1.82, 2.24) is 4.90 Å². The zero-order chi connectivity index (χ0) is 34.3. The molecule has 3 heteroatoms. The van der Waals surface area contributed by atoms with Crippen LogP contribution in [-0.2, 0) is 9.53 Å². The maximum absolute atomic E-state index is 12.6. The summed E-state index contributed by atoms with van der Waals surface area (Å²) in [6, 6.07) is 0. The fourth-order valence-corrected chi connectivity index (χ4v) is 6.05. The van der Waals surface area contributed by atoms with Crippen molar-refractivity contribution in [2.24, 2.45) is 5.92 Å². The van der Waals surface area contributed by atoms with Crippen molar-refractivity contribution in [3.63, 3.8) is 0 Å². The Balaban J connectivity index is 4.06. The second-order valence-electron chi connectivity index (χ2n) is 14.2. The van der Waals surface area contributed by atoms with Crippen LogP contribution in [0.2, 0.25) is 0 Å². The number of carbonyl (C=O) groups excluding carboxylic acids is 1. The molecule has 0 amide bonds. The maximum Gasteiger partial charge on any atom is 0.306 e. The zero-order valence-electron chi connectivity index (χ0n) is 32.2. The van der Waals surface area contributed by atoms with Crippen molar-refractivity contribution in [1.29, 1.82) is 0 Å². The molecule has 0 radical (unpaired) electrons. The summed E-state index contributed by atoms with van der Waals surface area (Å²) in [4.78, 5) is 14.7. The van der Waals surface area contributed by atoms with E-state index in [1.165, 1.54) is 154 Å². The highest BCUT2D eigenvalue weighted by molar-refractivity contribution is 5.69. The Morgan fingerprint density at radius 2 is 0.894 bits per heavy atom. The normalized spacial score (nSPS) is 12.4. The monoisotopic (exact) mass is 656 g/mol. The van der Waals surface area contributed by atoms with E-state index in [9.17, 15) is 4.79 Å². The maximum atomic E-state index is 12.6. The summed E-state index contributed by atoms with van der Waals surface area (Å²) in [7, 11) is 4.13. The first-order valence-corrected chi connectivity index (χ1v) is 20.5. The van der Waals surface area contributed by atoms with Gasteiger partial charge >= 0.3 is 5.97 Å². The van der Waals surface area contributed by atoms with Crippen LogP contribution in [-0.4, -0.2) is 38.1 Å². The highest BCUT2D eigenvalue weighted by Crippen LogP contribution is 2.23. The molecule has 0 aliphatic heterocycles. The predicted molar refractivity (Wildman–Crippen MR) is 210 cm³/mol. The third kappa shape index (κ3) is 38.7. The van der Waals surface area contributed by atoms with Gasteiger partial charge in [-0.25, -0.2) is 0 Å². The van der Waals surface area contributed by atoms with Crippen LogP contribution < -0.4 is 0 Å². The minimum Gasteiger partial charge on any atom is -0.466 e. The first-order chi connectivity index (χ1) is 23.1. The molecule has 0 rings (SSSR count). The number of hydrogen-bond donors (Lipinski definition) is 0. The molecule has 47 heavy (non-hydrogen) atoms. The molecule has 0 aliphatic rings. The van der Waals surface area contributed by atoms with Gasteiger partial charge in [0.25, 0.3) is 0 Å². The summed E-state index contributed by atoms with van der Waals surface area (Å²) in [6.45, 7) is 6.05. The van der Waals surface area contributed by atoms with Crippen LogP contribution in [0, 0.1) is 5.92 Å². The van der Waals surface area contributed by atoms with Crippen molar-refractivity contribution in [2.75, 3.05) is 27.2 Å². The van der Waals surface area contributed by atoms with Crippen molar-refractivity contribution in [2.45, 2.75) is 194 Å². The lowest BCUT2D eigenvalue weighted by molar-refractivity contribution is -0.145. The van der Waals surface area contributed by atoms with Crippen LogP contribution in [0.1, 0.15) is 194 Å². The Labute approximate surface area is 295 Å². The van der Waals surface area contributed by atoms with Gasteiger partial charge in [0.05, 0.1) is 6.61 Å². The average molecular weight is 656 g/mol. The van der Waals surface area contributed by atoms with Gasteiger partial charge in [-0.3, -0.25) is 4.79 Å². The molecule has 0 N–H and O–H groups in total. The average Bonchev–Trinajstić information content (AvgIpc) is 3.06. The van der Waals surface area contributed by atoms with E-state index < -0.39 is 0 Å². The summed E-state index contributed by atoms with van der Waals surface area (Å²) in [6.07, 6.45) is 53.5. The molecule has 0 saturated carbocycles. The van der Waals surface area contributed by atoms with Gasteiger partial charge in [-0.05, 0) is 103 Å². The third-order valence-corrected chi connectivity index (χ3v) is 9.09. The quantitative estimate of drug-likeness (QED) is 0.0382. The van der Waals surface area contributed by atoms with E-state index in [0.717, 1.165) is 25.8 Å². The van der Waals surface area contributed by atoms with Gasteiger partial charge in [-0.2, -0.15) is 0 Å². The van der Waals surface area contributed by atoms with Crippen molar-refractivity contribution >= 4 is 5.97 Å². The van der Waals surface area contributed by atoms with Crippen LogP contribution in [0.5, 0.6) is 0 Å². The molecule has 0 saturated heterocycles. The highest BCUT2D eigenvalue weighted by atomic mass is 16.5. The Bertz CT molecular complexity index is 702. The van der Waals surface area contributed by atoms with E-state index in [-0.39, 0.29) is 5.97 Å². The Morgan fingerprint density at radius 3 is 1.30 bits per heavy atom. The minimum atomic E-state index is 0.0221. The van der Waals surface area contributed by atoms with Gasteiger partial charge < -0.3 is 9.64 Å². The molecule has 0 aromatic carbocycles. The van der Waals surface area contributed by atoms with Crippen LogP contribution >= 0.6 is 0 Å². The predicted octanol–water partition coefficient (Wildman–Crippen LogP) is 13.9. The SMILES string of the molecule is CCCCC/C=C\C/C=C\CCCCCCCCC(CCCCCCCC/C=C\C/C=C\CCCCC)CC(=O)OCCCN(C)C. The highest BCUT2D eigenvalue weighted by Gasteiger charge is 2.15. The van der Waals surface area contributed by atoms with Gasteiger partial charge in [-0.15, -0.1) is 0 Å². The number of unbranched alkanes of at least 4 members (excludes halogenated alkanes) is 18. The van der Waals surface area contributed by atoms with Crippen LogP contribution in [0.15, 0.2) is 48.6 Å². The number of nitrogens with zero attached hydrogens (tertiary/aromatic N) is 1. The molecule has 0 unspecified atom stereocenters. The second kappa shape index (κ2) is 38.8. The molecule has 274 valence electrons. The van der Waals surface area contributed by atoms with Crippen molar-refractivity contribution in [3.05, 3.63) is 48.6 Å². The smallest absolute Gasteiger partial charge is 0.306 e. The Kier molecular flexibility index (Phi) is 37.5. The molecular weight excluding hydrogens is 574 g/mol. The second-order valence-corrected chi connectivity index (χ2v) is 14.2. The van der Waals surface area contributed by atoms with Crippen molar-refractivity contribution < 1.29 is 9.53 Å². The topological polar surface area (TPSA) is 29.5 Å². The van der Waals surface area contributed by atoms with E-state index in [1.807, 2.05) is 0 Å². The number of esters is 1. The molecule has 0 fully saturated rings. The van der Waals surface area contributed by atoms with E-state index in [1.54, 1.807) is 0 Å². The zero-order valence-corrected chi connectivity index (χ0v) is 32.2. The summed E-state index contributed by atoms with van der Waals surface area (Å²) < 4.78 is 5.60. The molecule has 0 bridgehead atoms. The summed E-state index contributed by atoms with van der Waals surface area (Å²) in [5, 5.41) is 0. The summed E-state index contributed by atoms with van der Waals surface area (Å²) >= 11 is 0. The molecule has 0 aliphatic carbocycles. The van der Waals surface area contributed by atoms with Crippen LogP contribution in [0.4, 0.5) is 0 Å². The molecular formula is C44H81NO2. The van der Waals surface area contributed by atoms with Crippen LogP contribution in [0.25, 0.3) is 0 Å².